The van der Waals surface area contributed by atoms with Crippen molar-refractivity contribution in [3.63, 3.8) is 0 Å². The molecule has 0 aromatic rings. The van der Waals surface area contributed by atoms with Crippen LogP contribution in [0.3, 0.4) is 0 Å². The van der Waals surface area contributed by atoms with E-state index >= 15 is 0 Å². The second kappa shape index (κ2) is 43.9. The summed E-state index contributed by atoms with van der Waals surface area (Å²) in [6.45, 7) is 5.77. The second-order valence-electron chi connectivity index (χ2n) is 18.1. The van der Waals surface area contributed by atoms with E-state index in [1.807, 2.05) is 0 Å². The first-order chi connectivity index (χ1) is 32.6. The summed E-state index contributed by atoms with van der Waals surface area (Å²) in [5, 5.41) is 31.3. The molecule has 12 heteroatoms. The summed E-state index contributed by atoms with van der Waals surface area (Å²) >= 11 is 0. The lowest BCUT2D eigenvalue weighted by molar-refractivity contribution is -0.301. The molecule has 0 aliphatic carbocycles. The average molecular weight is 947 g/mol. The molecule has 0 aromatic heterocycles. The number of aliphatic hydroxyl groups excluding tert-OH is 2. The minimum Gasteiger partial charge on any atom is -0.479 e. The van der Waals surface area contributed by atoms with Gasteiger partial charge in [0, 0.05) is 19.3 Å². The van der Waals surface area contributed by atoms with Gasteiger partial charge in [0.1, 0.15) is 18.8 Å². The van der Waals surface area contributed by atoms with Crippen LogP contribution in [0.1, 0.15) is 226 Å². The normalized spacial score (nSPS) is 19.2. The zero-order valence-electron chi connectivity index (χ0n) is 42.1. The Kier molecular flexibility index (Phi) is 40.4. The third-order valence-corrected chi connectivity index (χ3v) is 11.9. The predicted octanol–water partition coefficient (Wildman–Crippen LogP) is 12.7. The Labute approximate surface area is 405 Å². The molecule has 67 heavy (non-hydrogen) atoms. The molecule has 1 rings (SSSR count). The number of carboxylic acids is 1. The van der Waals surface area contributed by atoms with Gasteiger partial charge in [0.05, 0.1) is 6.61 Å². The maximum Gasteiger partial charge on any atom is 0.335 e. The summed E-state index contributed by atoms with van der Waals surface area (Å²) in [5.41, 5.74) is 0. The van der Waals surface area contributed by atoms with Gasteiger partial charge < -0.3 is 39.0 Å². The summed E-state index contributed by atoms with van der Waals surface area (Å²) in [6.07, 6.45) is 38.3. The fourth-order valence-electron chi connectivity index (χ4n) is 7.77. The molecule has 3 N–H and O–H groups in total. The monoisotopic (exact) mass is 947 g/mol. The van der Waals surface area contributed by atoms with Gasteiger partial charge in [-0.3, -0.25) is 14.4 Å². The van der Waals surface area contributed by atoms with Crippen molar-refractivity contribution in [3.05, 3.63) is 48.6 Å². The molecule has 6 unspecified atom stereocenters. The van der Waals surface area contributed by atoms with E-state index < -0.39 is 67.3 Å². The number of aliphatic carboxylic acids is 1. The molecule has 0 bridgehead atoms. The number of rotatable bonds is 44. The van der Waals surface area contributed by atoms with Gasteiger partial charge in [-0.05, 0) is 70.6 Å². The van der Waals surface area contributed by atoms with Crippen molar-refractivity contribution < 1.29 is 58.2 Å². The van der Waals surface area contributed by atoms with Crippen LogP contribution in [-0.4, -0.2) is 89.2 Å². The molecule has 1 saturated heterocycles. The van der Waals surface area contributed by atoms with E-state index in [-0.39, 0.29) is 25.9 Å². The number of carbonyl (C=O) groups is 4. The van der Waals surface area contributed by atoms with Crippen LogP contribution in [-0.2, 0) is 42.9 Å². The Morgan fingerprint density at radius 2 is 0.955 bits per heavy atom. The van der Waals surface area contributed by atoms with Crippen LogP contribution < -0.4 is 0 Å². The summed E-state index contributed by atoms with van der Waals surface area (Å²) in [5.74, 6) is -3.14. The first kappa shape index (κ1) is 61.7. The molecule has 0 aromatic carbocycles. The molecule has 386 valence electrons. The highest BCUT2D eigenvalue weighted by Gasteiger charge is 2.50. The number of unbranched alkanes of at least 4 members (excludes halogenated alkanes) is 22. The SMILES string of the molecule is CC/C=C\C/C=C\C/C=C\CCCCCCCCCC(=O)OCC(COC1OC(C(=O)O)C(O)C(O)C1OC(=O)CCCCCCCCCCC)OC(=O)CCCCCCC/C=C\CCCC. The predicted molar refractivity (Wildman–Crippen MR) is 266 cm³/mol. The third kappa shape index (κ3) is 34.6. The summed E-state index contributed by atoms with van der Waals surface area (Å²) in [4.78, 5) is 50.8. The lowest BCUT2D eigenvalue weighted by Crippen LogP contribution is -2.61. The molecule has 1 aliphatic rings. The van der Waals surface area contributed by atoms with Gasteiger partial charge in [-0.15, -0.1) is 0 Å². The first-order valence-corrected chi connectivity index (χ1v) is 26.6. The van der Waals surface area contributed by atoms with Crippen LogP contribution in [0.5, 0.6) is 0 Å². The number of carboxylic acid groups (broad SMARTS) is 1. The minimum absolute atomic E-state index is 0.0603. The van der Waals surface area contributed by atoms with Crippen LogP contribution in [0.15, 0.2) is 48.6 Å². The molecule has 6 atom stereocenters. The number of aliphatic hydroxyl groups is 2. The molecule has 0 amide bonds. The smallest absolute Gasteiger partial charge is 0.335 e. The Balaban J connectivity index is 2.70. The van der Waals surface area contributed by atoms with Crippen LogP contribution in [0, 0.1) is 0 Å². The molecular formula is C55H94O12. The van der Waals surface area contributed by atoms with Crippen molar-refractivity contribution in [2.24, 2.45) is 0 Å². The largest absolute Gasteiger partial charge is 0.479 e. The fourth-order valence-corrected chi connectivity index (χ4v) is 7.77. The number of ether oxygens (including phenoxy) is 5. The zero-order valence-corrected chi connectivity index (χ0v) is 42.1. The number of carbonyl (C=O) groups excluding carboxylic acids is 3. The molecule has 1 fully saturated rings. The second-order valence-corrected chi connectivity index (χ2v) is 18.1. The molecule has 0 radical (unpaired) electrons. The van der Waals surface area contributed by atoms with Crippen LogP contribution in [0.4, 0.5) is 0 Å². The molecule has 1 heterocycles. The van der Waals surface area contributed by atoms with Gasteiger partial charge in [-0.1, -0.05) is 185 Å². The van der Waals surface area contributed by atoms with Crippen molar-refractivity contribution in [2.45, 2.75) is 263 Å². The first-order valence-electron chi connectivity index (χ1n) is 26.6. The zero-order chi connectivity index (χ0) is 49.0. The van der Waals surface area contributed by atoms with Gasteiger partial charge >= 0.3 is 23.9 Å². The number of hydrogen-bond donors (Lipinski definition) is 3. The topological polar surface area (TPSA) is 175 Å². The van der Waals surface area contributed by atoms with E-state index in [9.17, 15) is 34.5 Å². The van der Waals surface area contributed by atoms with Gasteiger partial charge in [-0.25, -0.2) is 4.79 Å². The van der Waals surface area contributed by atoms with Crippen molar-refractivity contribution in [1.82, 2.24) is 0 Å². The molecule has 12 nitrogen and oxygen atoms in total. The van der Waals surface area contributed by atoms with Crippen LogP contribution in [0.2, 0.25) is 0 Å². The molecular weight excluding hydrogens is 853 g/mol. The Morgan fingerprint density at radius 1 is 0.507 bits per heavy atom. The number of allylic oxidation sites excluding steroid dienone is 8. The van der Waals surface area contributed by atoms with Gasteiger partial charge in [0.25, 0.3) is 0 Å². The van der Waals surface area contributed by atoms with Gasteiger partial charge in [-0.2, -0.15) is 0 Å². The van der Waals surface area contributed by atoms with E-state index in [0.717, 1.165) is 116 Å². The summed E-state index contributed by atoms with van der Waals surface area (Å²) < 4.78 is 28.2. The summed E-state index contributed by atoms with van der Waals surface area (Å²) in [7, 11) is 0. The quantitative estimate of drug-likeness (QED) is 0.0228. The van der Waals surface area contributed by atoms with Crippen molar-refractivity contribution in [1.29, 1.82) is 0 Å². The van der Waals surface area contributed by atoms with Crippen molar-refractivity contribution in [2.75, 3.05) is 13.2 Å². The lowest BCUT2D eigenvalue weighted by atomic mass is 9.98. The summed E-state index contributed by atoms with van der Waals surface area (Å²) in [6, 6.07) is 0. The van der Waals surface area contributed by atoms with E-state index in [1.54, 1.807) is 0 Å². The highest BCUT2D eigenvalue weighted by Crippen LogP contribution is 2.26. The standard InChI is InChI=1S/C55H94O12/c1-4-7-10-13-16-19-21-22-23-24-25-26-28-30-32-35-38-41-47(56)63-44-46(65-48(57)42-39-36-34-31-27-20-17-14-11-8-5-2)45-64-55-53(51(60)50(59)52(67-55)54(61)62)66-49(58)43-40-37-33-29-18-15-12-9-6-3/h7,10,14,16-17,19,22-23,46,50-53,55,59-60H,4-6,8-9,11-13,15,18,20-21,24-45H2,1-3H3,(H,61,62)/b10-7-,17-14-,19-16-,23-22-. The third-order valence-electron chi connectivity index (χ3n) is 11.9. The van der Waals surface area contributed by atoms with Crippen LogP contribution >= 0.6 is 0 Å². The van der Waals surface area contributed by atoms with Crippen LogP contribution in [0.25, 0.3) is 0 Å². The van der Waals surface area contributed by atoms with E-state index in [2.05, 4.69) is 69.4 Å². The Bertz CT molecular complexity index is 1360. The highest BCUT2D eigenvalue weighted by molar-refractivity contribution is 5.74. The van der Waals surface area contributed by atoms with E-state index in [0.29, 0.717) is 19.3 Å². The average Bonchev–Trinajstić information content (AvgIpc) is 3.31. The Morgan fingerprint density at radius 3 is 1.49 bits per heavy atom. The maximum atomic E-state index is 13.0. The van der Waals surface area contributed by atoms with Gasteiger partial charge in [0.2, 0.25) is 0 Å². The number of esters is 3. The molecule has 0 saturated carbocycles. The van der Waals surface area contributed by atoms with E-state index in [1.165, 1.54) is 51.4 Å². The fraction of sp³-hybridized carbons (Fsp3) is 0.782. The van der Waals surface area contributed by atoms with Crippen molar-refractivity contribution in [3.8, 4) is 0 Å². The van der Waals surface area contributed by atoms with Gasteiger partial charge in [0.15, 0.2) is 24.6 Å². The maximum absolute atomic E-state index is 13.0. The van der Waals surface area contributed by atoms with E-state index in [4.69, 9.17) is 23.7 Å². The van der Waals surface area contributed by atoms with Crippen molar-refractivity contribution >= 4 is 23.9 Å². The Hall–Kier alpha value is -3.32. The molecule has 0 spiro atoms. The lowest BCUT2D eigenvalue weighted by Gasteiger charge is -2.40. The minimum atomic E-state index is -1.90. The highest BCUT2D eigenvalue weighted by atomic mass is 16.7. The molecule has 1 aliphatic heterocycles. The number of hydrogen-bond acceptors (Lipinski definition) is 11.